The lowest BCUT2D eigenvalue weighted by molar-refractivity contribution is 0.197. The van der Waals surface area contributed by atoms with Crippen molar-refractivity contribution in [2.45, 2.75) is 18.6 Å². The van der Waals surface area contributed by atoms with Gasteiger partial charge in [-0.2, -0.15) is 0 Å². The van der Waals surface area contributed by atoms with Gasteiger partial charge in [-0.3, -0.25) is 0 Å². The van der Waals surface area contributed by atoms with E-state index in [1.807, 2.05) is 36.4 Å². The molecule has 2 atom stereocenters. The SMILES string of the molecule is Oc1cccc2ccc(Oc3cccc(C4=N[C@H]5Cc6ccccc6-c6ccccc6[C@@H]5O4)c3)nc12. The van der Waals surface area contributed by atoms with Gasteiger partial charge in [-0.05, 0) is 53.4 Å². The largest absolute Gasteiger partial charge is 0.506 e. The molecule has 1 aromatic heterocycles. The van der Waals surface area contributed by atoms with E-state index in [0.29, 0.717) is 23.0 Å². The van der Waals surface area contributed by atoms with Crippen LogP contribution in [0, 0.1) is 0 Å². The summed E-state index contributed by atoms with van der Waals surface area (Å²) in [6, 6.07) is 33.7. The van der Waals surface area contributed by atoms with Crippen LogP contribution in [-0.4, -0.2) is 22.0 Å². The smallest absolute Gasteiger partial charge is 0.219 e. The Morgan fingerprint density at radius 1 is 0.806 bits per heavy atom. The van der Waals surface area contributed by atoms with E-state index in [1.54, 1.807) is 18.2 Å². The van der Waals surface area contributed by atoms with Crippen molar-refractivity contribution < 1.29 is 14.6 Å². The summed E-state index contributed by atoms with van der Waals surface area (Å²) in [6.07, 6.45) is 0.679. The standard InChI is InChI=1S/C31H22N2O3/c34-27-14-6-8-19-15-16-28(33-29(19)27)35-22-10-5-9-21(17-22)31-32-26-18-20-7-1-2-11-23(20)24-12-3-4-13-25(24)30(26)36-31/h1-17,26,30,34H,18H2/t26-,30-/m0/s1. The van der Waals surface area contributed by atoms with Crippen LogP contribution in [0.2, 0.25) is 0 Å². The molecule has 0 amide bonds. The van der Waals surface area contributed by atoms with Gasteiger partial charge in [0.2, 0.25) is 11.8 Å². The van der Waals surface area contributed by atoms with Crippen LogP contribution in [0.1, 0.15) is 22.8 Å². The molecule has 1 aliphatic carbocycles. The van der Waals surface area contributed by atoms with E-state index in [9.17, 15) is 5.11 Å². The Morgan fingerprint density at radius 2 is 1.64 bits per heavy atom. The average molecular weight is 471 g/mol. The molecule has 36 heavy (non-hydrogen) atoms. The van der Waals surface area contributed by atoms with E-state index >= 15 is 0 Å². The molecular formula is C31H22N2O3. The molecule has 0 spiro atoms. The van der Waals surface area contributed by atoms with Crippen molar-refractivity contribution >= 4 is 16.8 Å². The maximum Gasteiger partial charge on any atom is 0.219 e. The molecule has 0 radical (unpaired) electrons. The van der Waals surface area contributed by atoms with E-state index in [2.05, 4.69) is 53.5 Å². The summed E-state index contributed by atoms with van der Waals surface area (Å²) < 4.78 is 12.6. The number of para-hydroxylation sites is 1. The molecule has 0 fully saturated rings. The quantitative estimate of drug-likeness (QED) is 0.313. The zero-order valence-corrected chi connectivity index (χ0v) is 19.3. The maximum absolute atomic E-state index is 10.2. The molecule has 174 valence electrons. The lowest BCUT2D eigenvalue weighted by atomic mass is 9.96. The van der Waals surface area contributed by atoms with Gasteiger partial charge >= 0.3 is 0 Å². The number of aromatic hydroxyl groups is 1. The minimum Gasteiger partial charge on any atom is -0.506 e. The molecule has 4 aromatic carbocycles. The van der Waals surface area contributed by atoms with Gasteiger partial charge in [0, 0.05) is 22.6 Å². The summed E-state index contributed by atoms with van der Waals surface area (Å²) in [6.45, 7) is 0. The first kappa shape index (κ1) is 20.7. The number of aromatic nitrogens is 1. The summed E-state index contributed by atoms with van der Waals surface area (Å²) in [7, 11) is 0. The monoisotopic (exact) mass is 470 g/mol. The second kappa shape index (κ2) is 8.24. The van der Waals surface area contributed by atoms with Crippen molar-refractivity contribution in [1.29, 1.82) is 0 Å². The van der Waals surface area contributed by atoms with Gasteiger partial charge in [0.05, 0.1) is 6.04 Å². The highest BCUT2D eigenvalue weighted by molar-refractivity contribution is 5.96. The van der Waals surface area contributed by atoms with Gasteiger partial charge in [-0.1, -0.05) is 66.7 Å². The highest BCUT2D eigenvalue weighted by Crippen LogP contribution is 2.43. The van der Waals surface area contributed by atoms with Gasteiger partial charge in [-0.15, -0.1) is 0 Å². The van der Waals surface area contributed by atoms with Gasteiger partial charge in [0.25, 0.3) is 0 Å². The zero-order valence-electron chi connectivity index (χ0n) is 19.3. The normalized spacial score (nSPS) is 17.8. The van der Waals surface area contributed by atoms with E-state index in [4.69, 9.17) is 14.5 Å². The number of fused-ring (bicyclic) bond motifs is 6. The fraction of sp³-hybridized carbons (Fsp3) is 0.0968. The van der Waals surface area contributed by atoms with Crippen LogP contribution < -0.4 is 4.74 Å². The van der Waals surface area contributed by atoms with Crippen LogP contribution >= 0.6 is 0 Å². The third kappa shape index (κ3) is 3.48. The molecule has 5 heteroatoms. The van der Waals surface area contributed by atoms with Crippen LogP contribution in [0.15, 0.2) is 108 Å². The van der Waals surface area contributed by atoms with Crippen molar-refractivity contribution in [3.05, 3.63) is 120 Å². The van der Waals surface area contributed by atoms with Crippen LogP contribution in [-0.2, 0) is 11.2 Å². The molecule has 0 bridgehead atoms. The molecule has 1 N–H and O–H groups in total. The minimum atomic E-state index is -0.140. The second-order valence-electron chi connectivity index (χ2n) is 9.12. The van der Waals surface area contributed by atoms with Crippen molar-refractivity contribution in [2.75, 3.05) is 0 Å². The van der Waals surface area contributed by atoms with E-state index in [1.165, 1.54) is 22.3 Å². The number of pyridine rings is 1. The van der Waals surface area contributed by atoms with Crippen molar-refractivity contribution in [3.8, 4) is 28.5 Å². The number of hydrogen-bond acceptors (Lipinski definition) is 5. The molecule has 7 rings (SSSR count). The lowest BCUT2D eigenvalue weighted by Gasteiger charge is -2.17. The molecule has 0 saturated heterocycles. The first-order valence-corrected chi connectivity index (χ1v) is 12.0. The predicted molar refractivity (Wildman–Crippen MR) is 140 cm³/mol. The first-order chi connectivity index (χ1) is 17.7. The minimum absolute atomic E-state index is 0.000459. The average Bonchev–Trinajstić information content (AvgIpc) is 3.28. The third-order valence-corrected chi connectivity index (χ3v) is 6.85. The van der Waals surface area contributed by atoms with Gasteiger partial charge < -0.3 is 14.6 Å². The number of hydrogen-bond donors (Lipinski definition) is 1. The predicted octanol–water partition coefficient (Wildman–Crippen LogP) is 6.84. The van der Waals surface area contributed by atoms with E-state index in [0.717, 1.165) is 17.4 Å². The summed E-state index contributed by atoms with van der Waals surface area (Å²) >= 11 is 0. The number of phenols is 1. The topological polar surface area (TPSA) is 63.9 Å². The van der Waals surface area contributed by atoms with E-state index < -0.39 is 0 Å². The highest BCUT2D eigenvalue weighted by Gasteiger charge is 2.37. The molecule has 5 nitrogen and oxygen atoms in total. The van der Waals surface area contributed by atoms with Crippen molar-refractivity contribution in [1.82, 2.24) is 4.98 Å². The Bertz CT molecular complexity index is 1660. The highest BCUT2D eigenvalue weighted by atomic mass is 16.5. The maximum atomic E-state index is 10.2. The molecule has 2 aliphatic rings. The van der Waals surface area contributed by atoms with Crippen LogP contribution in [0.4, 0.5) is 0 Å². The number of benzene rings is 4. The Kier molecular flexibility index (Phi) is 4.74. The van der Waals surface area contributed by atoms with Gasteiger partial charge in [0.1, 0.15) is 23.1 Å². The van der Waals surface area contributed by atoms with Crippen molar-refractivity contribution in [3.63, 3.8) is 0 Å². The molecule has 1 aliphatic heterocycles. The van der Waals surface area contributed by atoms with Gasteiger partial charge in [-0.25, -0.2) is 9.98 Å². The summed E-state index contributed by atoms with van der Waals surface area (Å²) in [5.74, 6) is 1.78. The Labute approximate surface area is 208 Å². The molecular weight excluding hydrogens is 448 g/mol. The van der Waals surface area contributed by atoms with Crippen LogP contribution in [0.3, 0.4) is 0 Å². The lowest BCUT2D eigenvalue weighted by Crippen LogP contribution is -2.15. The Morgan fingerprint density at radius 3 is 2.58 bits per heavy atom. The van der Waals surface area contributed by atoms with E-state index in [-0.39, 0.29) is 17.9 Å². The third-order valence-electron chi connectivity index (χ3n) is 6.85. The van der Waals surface area contributed by atoms with Crippen LogP contribution in [0.5, 0.6) is 17.4 Å². The number of phenolic OH excluding ortho intramolecular Hbond substituents is 1. The summed E-state index contributed by atoms with van der Waals surface area (Å²) in [5, 5.41) is 11.0. The fourth-order valence-corrected chi connectivity index (χ4v) is 5.17. The number of rotatable bonds is 3. The first-order valence-electron chi connectivity index (χ1n) is 12.0. The van der Waals surface area contributed by atoms with Gasteiger partial charge in [0.15, 0.2) is 0 Å². The molecule has 5 aromatic rings. The molecule has 0 saturated carbocycles. The molecule has 2 heterocycles. The Balaban J connectivity index is 1.21. The van der Waals surface area contributed by atoms with Crippen LogP contribution in [0.25, 0.3) is 22.0 Å². The summed E-state index contributed by atoms with van der Waals surface area (Å²) in [5.41, 5.74) is 6.28. The fourth-order valence-electron chi connectivity index (χ4n) is 5.17. The van der Waals surface area contributed by atoms with Crippen molar-refractivity contribution in [2.24, 2.45) is 4.99 Å². The summed E-state index contributed by atoms with van der Waals surface area (Å²) in [4.78, 5) is 9.51. The number of ether oxygens (including phenoxy) is 2. The molecule has 0 unspecified atom stereocenters. The second-order valence-corrected chi connectivity index (χ2v) is 9.12. The Hall–Kier alpha value is -4.64. The number of aliphatic imine (C=N–C) groups is 1. The number of nitrogens with zero attached hydrogens (tertiary/aromatic N) is 2. The zero-order chi connectivity index (χ0) is 24.1.